The smallest absolute Gasteiger partial charge is 0.333 e. The summed E-state index contributed by atoms with van der Waals surface area (Å²) in [6, 6.07) is 13.8. The van der Waals surface area contributed by atoms with Crippen LogP contribution in [0.3, 0.4) is 0 Å². The van der Waals surface area contributed by atoms with Crippen molar-refractivity contribution in [2.24, 2.45) is 0 Å². The summed E-state index contributed by atoms with van der Waals surface area (Å²) in [6.07, 6.45) is 1.29. The van der Waals surface area contributed by atoms with Crippen LogP contribution in [-0.2, 0) is 9.53 Å². The molecule has 3 rings (SSSR count). The van der Waals surface area contributed by atoms with Crippen LogP contribution < -0.4 is 5.32 Å². The highest BCUT2D eigenvalue weighted by atomic mass is 16.5. The summed E-state index contributed by atoms with van der Waals surface area (Å²) in [7, 11) is 1.28. The van der Waals surface area contributed by atoms with Gasteiger partial charge in [0, 0.05) is 6.07 Å². The van der Waals surface area contributed by atoms with Gasteiger partial charge in [0.05, 0.1) is 7.11 Å². The Morgan fingerprint density at radius 1 is 1.13 bits per heavy atom. The van der Waals surface area contributed by atoms with Gasteiger partial charge in [0.1, 0.15) is 6.26 Å². The van der Waals surface area contributed by atoms with Gasteiger partial charge in [-0.05, 0) is 22.4 Å². The summed E-state index contributed by atoms with van der Waals surface area (Å²) in [4.78, 5) is 24.2. The highest BCUT2D eigenvalue weighted by molar-refractivity contribution is 5.95. The largest absolute Gasteiger partial charge is 0.467 e. The van der Waals surface area contributed by atoms with Crippen molar-refractivity contribution in [3.8, 4) is 0 Å². The molecule has 0 spiro atoms. The normalized spacial score (nSPS) is 11.9. The molecule has 0 aliphatic rings. The lowest BCUT2D eigenvalue weighted by molar-refractivity contribution is -0.143. The molecule has 3 aromatic rings. The zero-order chi connectivity index (χ0) is 16.2. The maximum atomic E-state index is 12.1. The first kappa shape index (κ1) is 14.8. The van der Waals surface area contributed by atoms with Crippen LogP contribution in [0.15, 0.2) is 59.3 Å². The number of fused-ring (bicyclic) bond motifs is 1. The minimum atomic E-state index is -0.922. The van der Waals surface area contributed by atoms with Crippen molar-refractivity contribution in [3.63, 3.8) is 0 Å². The molecule has 0 saturated heterocycles. The average molecular weight is 310 g/mol. The van der Waals surface area contributed by atoms with Crippen molar-refractivity contribution < 1.29 is 18.8 Å². The zero-order valence-corrected chi connectivity index (χ0v) is 12.4. The van der Waals surface area contributed by atoms with E-state index in [9.17, 15) is 9.59 Å². The van der Waals surface area contributed by atoms with Crippen molar-refractivity contribution in [2.75, 3.05) is 7.11 Å². The molecule has 1 aromatic heterocycles. The van der Waals surface area contributed by atoms with Crippen molar-refractivity contribution in [2.45, 2.75) is 6.04 Å². The van der Waals surface area contributed by atoms with Gasteiger partial charge in [-0.25, -0.2) is 4.79 Å². The van der Waals surface area contributed by atoms with Crippen LogP contribution in [0.5, 0.6) is 0 Å². The van der Waals surface area contributed by atoms with Gasteiger partial charge in [0.2, 0.25) is 0 Å². The quantitative estimate of drug-likeness (QED) is 0.749. The van der Waals surface area contributed by atoms with E-state index >= 15 is 0 Å². The Balaban J connectivity index is 1.94. The van der Waals surface area contributed by atoms with Gasteiger partial charge in [0.25, 0.3) is 5.91 Å². The van der Waals surface area contributed by atoms with Crippen LogP contribution in [0.25, 0.3) is 10.8 Å². The fourth-order valence-electron chi connectivity index (χ4n) is 2.32. The van der Waals surface area contributed by atoms with Gasteiger partial charge >= 0.3 is 5.97 Å². The standard InChI is InChI=1S/C17H14N2O4/c1-22-17(21)15(18-16(20)14-8-9-23-19-14)13-7-6-11-4-2-3-5-12(11)10-13/h2-10,15H,1H3,(H,18,20). The van der Waals surface area contributed by atoms with Gasteiger partial charge in [-0.1, -0.05) is 41.6 Å². The van der Waals surface area contributed by atoms with Gasteiger partial charge in [-0.2, -0.15) is 0 Å². The molecule has 0 aliphatic heterocycles. The van der Waals surface area contributed by atoms with Crippen molar-refractivity contribution >= 4 is 22.6 Å². The van der Waals surface area contributed by atoms with E-state index in [0.717, 1.165) is 10.8 Å². The van der Waals surface area contributed by atoms with E-state index in [1.807, 2.05) is 36.4 Å². The third-order valence-corrected chi connectivity index (χ3v) is 3.49. The van der Waals surface area contributed by atoms with Crippen LogP contribution in [0.1, 0.15) is 22.1 Å². The molecule has 1 N–H and O–H groups in total. The first-order valence-corrected chi connectivity index (χ1v) is 6.97. The van der Waals surface area contributed by atoms with Crippen molar-refractivity contribution in [3.05, 3.63) is 66.1 Å². The average Bonchev–Trinajstić information content (AvgIpc) is 3.13. The summed E-state index contributed by atoms with van der Waals surface area (Å²) < 4.78 is 9.44. The van der Waals surface area contributed by atoms with E-state index in [1.165, 1.54) is 19.4 Å². The number of rotatable bonds is 4. The minimum Gasteiger partial charge on any atom is -0.467 e. The third kappa shape index (κ3) is 3.06. The number of nitrogens with zero attached hydrogens (tertiary/aromatic N) is 1. The molecule has 1 heterocycles. The third-order valence-electron chi connectivity index (χ3n) is 3.49. The first-order chi connectivity index (χ1) is 11.2. The monoisotopic (exact) mass is 310 g/mol. The first-order valence-electron chi connectivity index (χ1n) is 6.97. The molecule has 6 heteroatoms. The Hall–Kier alpha value is -3.15. The molecule has 6 nitrogen and oxygen atoms in total. The van der Waals surface area contributed by atoms with Gasteiger partial charge < -0.3 is 14.6 Å². The van der Waals surface area contributed by atoms with Crippen molar-refractivity contribution in [1.29, 1.82) is 0 Å². The molecule has 0 radical (unpaired) electrons. The fourth-order valence-corrected chi connectivity index (χ4v) is 2.32. The number of ether oxygens (including phenoxy) is 1. The van der Waals surface area contributed by atoms with E-state index < -0.39 is 17.9 Å². The molecule has 1 amide bonds. The number of esters is 1. The number of nitrogens with one attached hydrogen (secondary N) is 1. The van der Waals surface area contributed by atoms with Crippen LogP contribution >= 0.6 is 0 Å². The fraction of sp³-hybridized carbons (Fsp3) is 0.118. The van der Waals surface area contributed by atoms with E-state index in [1.54, 1.807) is 6.07 Å². The lowest BCUT2D eigenvalue weighted by Gasteiger charge is -2.16. The molecular formula is C17H14N2O4. The summed E-state index contributed by atoms with van der Waals surface area (Å²) >= 11 is 0. The second-order valence-corrected chi connectivity index (χ2v) is 4.92. The van der Waals surface area contributed by atoms with E-state index in [-0.39, 0.29) is 5.69 Å². The summed E-state index contributed by atoms with van der Waals surface area (Å²) in [6.45, 7) is 0. The molecule has 0 saturated carbocycles. The predicted molar refractivity (Wildman–Crippen MR) is 82.7 cm³/mol. The Kier molecular flexibility index (Phi) is 4.05. The Morgan fingerprint density at radius 2 is 1.91 bits per heavy atom. The van der Waals surface area contributed by atoms with E-state index in [4.69, 9.17) is 4.74 Å². The van der Waals surface area contributed by atoms with E-state index in [0.29, 0.717) is 5.56 Å². The van der Waals surface area contributed by atoms with E-state index in [2.05, 4.69) is 15.0 Å². The molecule has 0 fully saturated rings. The van der Waals surface area contributed by atoms with Gasteiger partial charge in [-0.3, -0.25) is 4.79 Å². The summed E-state index contributed by atoms with van der Waals surface area (Å²) in [5, 5.41) is 8.19. The molecule has 2 aromatic carbocycles. The number of benzene rings is 2. The second kappa shape index (κ2) is 6.31. The second-order valence-electron chi connectivity index (χ2n) is 4.92. The Morgan fingerprint density at radius 3 is 2.61 bits per heavy atom. The molecule has 1 unspecified atom stereocenters. The zero-order valence-electron chi connectivity index (χ0n) is 12.4. The highest BCUT2D eigenvalue weighted by Crippen LogP contribution is 2.21. The number of carbonyl (C=O) groups excluding carboxylic acids is 2. The number of hydrogen-bond acceptors (Lipinski definition) is 5. The molecular weight excluding hydrogens is 296 g/mol. The van der Waals surface area contributed by atoms with Gasteiger partial charge in [-0.15, -0.1) is 0 Å². The van der Waals surface area contributed by atoms with Crippen molar-refractivity contribution in [1.82, 2.24) is 10.5 Å². The summed E-state index contributed by atoms with van der Waals surface area (Å²) in [5.41, 5.74) is 0.729. The van der Waals surface area contributed by atoms with Gasteiger partial charge in [0.15, 0.2) is 11.7 Å². The predicted octanol–water partition coefficient (Wildman–Crippen LogP) is 2.47. The molecule has 0 aliphatic carbocycles. The SMILES string of the molecule is COC(=O)C(NC(=O)c1ccon1)c1ccc2ccccc2c1. The maximum Gasteiger partial charge on any atom is 0.333 e. The lowest BCUT2D eigenvalue weighted by Crippen LogP contribution is -2.34. The van der Waals surface area contributed by atoms with Crippen LogP contribution in [-0.4, -0.2) is 24.1 Å². The maximum absolute atomic E-state index is 12.1. The molecule has 0 bridgehead atoms. The van der Waals surface area contributed by atoms with Crippen LogP contribution in [0.4, 0.5) is 0 Å². The molecule has 23 heavy (non-hydrogen) atoms. The van der Waals surface area contributed by atoms with Crippen LogP contribution in [0.2, 0.25) is 0 Å². The Labute approximate surface area is 132 Å². The number of methoxy groups -OCH3 is 1. The topological polar surface area (TPSA) is 81.4 Å². The minimum absolute atomic E-state index is 0.0969. The molecule has 1 atom stereocenters. The lowest BCUT2D eigenvalue weighted by atomic mass is 10.0. The molecule has 116 valence electrons. The Bertz CT molecular complexity index is 843. The number of amides is 1. The summed E-state index contributed by atoms with van der Waals surface area (Å²) in [5.74, 6) is -1.07. The number of hydrogen-bond donors (Lipinski definition) is 1. The number of carbonyl (C=O) groups is 2. The van der Waals surface area contributed by atoms with Crippen LogP contribution in [0, 0.1) is 0 Å². The highest BCUT2D eigenvalue weighted by Gasteiger charge is 2.25. The number of aromatic nitrogens is 1.